The molecule has 0 saturated heterocycles. The molecule has 0 radical (unpaired) electrons. The van der Waals surface area contributed by atoms with Crippen LogP contribution in [0, 0.1) is 13.8 Å². The van der Waals surface area contributed by atoms with Crippen molar-refractivity contribution in [2.75, 3.05) is 0 Å². The molecular formula is C15H13Br2ClO. The van der Waals surface area contributed by atoms with Crippen LogP contribution in [0.4, 0.5) is 0 Å². The van der Waals surface area contributed by atoms with Crippen LogP contribution >= 0.6 is 43.5 Å². The lowest BCUT2D eigenvalue weighted by atomic mass is 10.1. The maximum atomic E-state index is 6.17. The summed E-state index contributed by atoms with van der Waals surface area (Å²) in [6.45, 7) is 4.10. The van der Waals surface area contributed by atoms with Crippen LogP contribution in [0.25, 0.3) is 0 Å². The van der Waals surface area contributed by atoms with Gasteiger partial charge in [-0.2, -0.15) is 0 Å². The van der Waals surface area contributed by atoms with Gasteiger partial charge in [0.1, 0.15) is 11.5 Å². The fraction of sp³-hybridized carbons (Fsp3) is 0.200. The van der Waals surface area contributed by atoms with E-state index in [0.717, 1.165) is 32.7 Å². The molecule has 1 nitrogen and oxygen atoms in total. The van der Waals surface area contributed by atoms with Crippen LogP contribution in [0.1, 0.15) is 16.7 Å². The Kier molecular flexibility index (Phi) is 4.93. The van der Waals surface area contributed by atoms with Crippen LogP contribution in [-0.2, 0) is 5.33 Å². The molecule has 2 aromatic rings. The zero-order valence-electron chi connectivity index (χ0n) is 10.6. The van der Waals surface area contributed by atoms with Crippen molar-refractivity contribution in [1.82, 2.24) is 0 Å². The van der Waals surface area contributed by atoms with E-state index in [4.69, 9.17) is 16.3 Å². The third-order valence-corrected chi connectivity index (χ3v) is 5.01. The lowest BCUT2D eigenvalue weighted by Crippen LogP contribution is -1.92. The first-order valence-corrected chi connectivity index (χ1v) is 8.10. The number of hydrogen-bond donors (Lipinski definition) is 0. The first-order chi connectivity index (χ1) is 9.02. The average molecular weight is 405 g/mol. The van der Waals surface area contributed by atoms with Gasteiger partial charge in [-0.1, -0.05) is 49.5 Å². The molecule has 19 heavy (non-hydrogen) atoms. The van der Waals surface area contributed by atoms with Gasteiger partial charge in [0.15, 0.2) is 0 Å². The topological polar surface area (TPSA) is 9.23 Å². The number of halogens is 3. The highest BCUT2D eigenvalue weighted by atomic mass is 79.9. The largest absolute Gasteiger partial charge is 0.457 e. The molecule has 2 aromatic carbocycles. The number of aryl methyl sites for hydroxylation is 2. The Labute approximate surface area is 135 Å². The summed E-state index contributed by atoms with van der Waals surface area (Å²) in [6.07, 6.45) is 0. The highest BCUT2D eigenvalue weighted by Gasteiger charge is 2.09. The predicted octanol–water partition coefficient (Wildman–Crippen LogP) is 6.41. The molecule has 4 heteroatoms. The van der Waals surface area contributed by atoms with E-state index in [2.05, 4.69) is 31.9 Å². The van der Waals surface area contributed by atoms with Crippen molar-refractivity contribution >= 4 is 43.5 Å². The fourth-order valence-electron chi connectivity index (χ4n) is 1.86. The summed E-state index contributed by atoms with van der Waals surface area (Å²) in [4.78, 5) is 0. The van der Waals surface area contributed by atoms with Crippen molar-refractivity contribution in [3.8, 4) is 11.5 Å². The van der Waals surface area contributed by atoms with Gasteiger partial charge in [0.05, 0.1) is 0 Å². The Hall–Kier alpha value is -0.510. The van der Waals surface area contributed by atoms with Gasteiger partial charge in [-0.15, -0.1) is 0 Å². The summed E-state index contributed by atoms with van der Waals surface area (Å²) < 4.78 is 7.08. The van der Waals surface area contributed by atoms with E-state index < -0.39 is 0 Å². The van der Waals surface area contributed by atoms with Crippen molar-refractivity contribution in [3.05, 3.63) is 56.5 Å². The molecule has 0 amide bonds. The van der Waals surface area contributed by atoms with Crippen molar-refractivity contribution in [3.63, 3.8) is 0 Å². The summed E-state index contributed by atoms with van der Waals surface area (Å²) >= 11 is 13.2. The standard InChI is InChI=1S/C15H13Br2ClO/c1-9-6-11(7-10(2)15(9)17)19-14-5-3-4-13(18)12(14)8-16/h3-7H,8H2,1-2H3. The first kappa shape index (κ1) is 14.9. The molecule has 0 unspecified atom stereocenters. The smallest absolute Gasteiger partial charge is 0.132 e. The minimum absolute atomic E-state index is 0.663. The van der Waals surface area contributed by atoms with Crippen molar-refractivity contribution in [1.29, 1.82) is 0 Å². The lowest BCUT2D eigenvalue weighted by molar-refractivity contribution is 0.477. The van der Waals surface area contributed by atoms with Crippen LogP contribution in [0.3, 0.4) is 0 Å². The molecule has 0 spiro atoms. The number of alkyl halides is 1. The molecule has 0 aromatic heterocycles. The van der Waals surface area contributed by atoms with Crippen LogP contribution in [0.2, 0.25) is 5.02 Å². The number of ether oxygens (including phenoxy) is 1. The van der Waals surface area contributed by atoms with E-state index in [0.29, 0.717) is 10.4 Å². The van der Waals surface area contributed by atoms with Gasteiger partial charge >= 0.3 is 0 Å². The van der Waals surface area contributed by atoms with Crippen molar-refractivity contribution in [2.24, 2.45) is 0 Å². The molecule has 0 saturated carbocycles. The van der Waals surface area contributed by atoms with E-state index >= 15 is 0 Å². The van der Waals surface area contributed by atoms with E-state index in [1.54, 1.807) is 0 Å². The van der Waals surface area contributed by atoms with Gasteiger partial charge < -0.3 is 4.74 Å². The highest BCUT2D eigenvalue weighted by Crippen LogP contribution is 2.34. The highest BCUT2D eigenvalue weighted by molar-refractivity contribution is 9.10. The second-order valence-corrected chi connectivity index (χ2v) is 6.08. The Morgan fingerprint density at radius 3 is 2.37 bits per heavy atom. The molecule has 0 heterocycles. The van der Waals surface area contributed by atoms with Gasteiger partial charge in [0.2, 0.25) is 0 Å². The molecule has 0 fully saturated rings. The fourth-order valence-corrected chi connectivity index (χ4v) is 3.06. The van der Waals surface area contributed by atoms with Gasteiger partial charge in [-0.3, -0.25) is 0 Å². The third-order valence-electron chi connectivity index (χ3n) is 2.85. The quantitative estimate of drug-likeness (QED) is 0.537. The Morgan fingerprint density at radius 1 is 1.16 bits per heavy atom. The summed E-state index contributed by atoms with van der Waals surface area (Å²) in [6, 6.07) is 9.70. The van der Waals surface area contributed by atoms with E-state index in [-0.39, 0.29) is 0 Å². The maximum absolute atomic E-state index is 6.17. The number of benzene rings is 2. The monoisotopic (exact) mass is 402 g/mol. The Morgan fingerprint density at radius 2 is 1.79 bits per heavy atom. The minimum Gasteiger partial charge on any atom is -0.457 e. The summed E-state index contributed by atoms with van der Waals surface area (Å²) in [5.74, 6) is 1.60. The number of rotatable bonds is 3. The summed E-state index contributed by atoms with van der Waals surface area (Å²) in [5, 5.41) is 1.37. The van der Waals surface area contributed by atoms with E-state index in [9.17, 15) is 0 Å². The molecule has 2 rings (SSSR count). The van der Waals surface area contributed by atoms with Gasteiger partial charge in [-0.05, 0) is 49.2 Å². The molecule has 0 aliphatic rings. The summed E-state index contributed by atoms with van der Waals surface area (Å²) in [7, 11) is 0. The molecule has 0 bridgehead atoms. The van der Waals surface area contributed by atoms with Gasteiger partial charge in [0.25, 0.3) is 0 Å². The predicted molar refractivity (Wildman–Crippen MR) is 87.8 cm³/mol. The molecule has 0 aliphatic heterocycles. The van der Waals surface area contributed by atoms with Gasteiger partial charge in [-0.25, -0.2) is 0 Å². The molecule has 0 aliphatic carbocycles. The second-order valence-electron chi connectivity index (χ2n) is 4.32. The zero-order valence-corrected chi connectivity index (χ0v) is 14.6. The minimum atomic E-state index is 0.663. The van der Waals surface area contributed by atoms with E-state index in [1.807, 2.05) is 44.2 Å². The lowest BCUT2D eigenvalue weighted by Gasteiger charge is -2.13. The van der Waals surface area contributed by atoms with Gasteiger partial charge in [0, 0.05) is 20.4 Å². The molecule has 0 N–H and O–H groups in total. The summed E-state index contributed by atoms with van der Waals surface area (Å²) in [5.41, 5.74) is 3.26. The first-order valence-electron chi connectivity index (χ1n) is 5.81. The van der Waals surface area contributed by atoms with Crippen molar-refractivity contribution in [2.45, 2.75) is 19.2 Å². The van der Waals surface area contributed by atoms with Crippen LogP contribution in [-0.4, -0.2) is 0 Å². The maximum Gasteiger partial charge on any atom is 0.132 e. The third kappa shape index (κ3) is 3.33. The van der Waals surface area contributed by atoms with Crippen LogP contribution < -0.4 is 4.74 Å². The molecule has 0 atom stereocenters. The zero-order chi connectivity index (χ0) is 14.0. The molecule has 100 valence electrons. The Balaban J connectivity index is 2.39. The molecular weight excluding hydrogens is 391 g/mol. The van der Waals surface area contributed by atoms with Crippen LogP contribution in [0.5, 0.6) is 11.5 Å². The average Bonchev–Trinajstić information content (AvgIpc) is 2.36. The number of hydrogen-bond acceptors (Lipinski definition) is 1. The van der Waals surface area contributed by atoms with Crippen molar-refractivity contribution < 1.29 is 4.74 Å². The second kappa shape index (κ2) is 6.29. The normalized spacial score (nSPS) is 10.6. The van der Waals surface area contributed by atoms with E-state index in [1.165, 1.54) is 0 Å². The SMILES string of the molecule is Cc1cc(Oc2cccc(Cl)c2CBr)cc(C)c1Br. The van der Waals surface area contributed by atoms with Crippen LogP contribution in [0.15, 0.2) is 34.8 Å². The Bertz CT molecular complexity index is 588.